The predicted octanol–water partition coefficient (Wildman–Crippen LogP) is 0.572. The maximum absolute atomic E-state index is 11.3. The van der Waals surface area contributed by atoms with Gasteiger partial charge in [0.05, 0.1) is 11.5 Å². The number of carbonyl (C=O) groups excluding carboxylic acids is 1. The minimum Gasteiger partial charge on any atom is -0.380 e. The summed E-state index contributed by atoms with van der Waals surface area (Å²) in [6, 6.07) is 4.27. The van der Waals surface area contributed by atoms with Crippen LogP contribution in [0.2, 0.25) is 0 Å². The number of nitrogens with one attached hydrogen (secondary N) is 1. The summed E-state index contributed by atoms with van der Waals surface area (Å²) in [6.07, 6.45) is 1.08. The van der Waals surface area contributed by atoms with Gasteiger partial charge < -0.3 is 4.74 Å². The van der Waals surface area contributed by atoms with Gasteiger partial charge in [-0.15, -0.1) is 11.3 Å². The quantitative estimate of drug-likeness (QED) is 0.469. The van der Waals surface area contributed by atoms with E-state index in [2.05, 4.69) is 17.4 Å². The van der Waals surface area contributed by atoms with Crippen molar-refractivity contribution in [3.05, 3.63) is 21.9 Å². The molecule has 94 valence electrons. The van der Waals surface area contributed by atoms with E-state index in [4.69, 9.17) is 10.6 Å². The van der Waals surface area contributed by atoms with Crippen LogP contribution in [0.1, 0.15) is 21.0 Å². The number of carbonyl (C=O) groups is 1. The summed E-state index contributed by atoms with van der Waals surface area (Å²) in [5.74, 6) is 4.87. The van der Waals surface area contributed by atoms with E-state index in [-0.39, 0.29) is 5.91 Å². The Morgan fingerprint density at radius 3 is 3.18 bits per heavy atom. The Balaban J connectivity index is 1.94. The largest absolute Gasteiger partial charge is 0.380 e. The second-order valence-corrected chi connectivity index (χ2v) is 5.34. The zero-order valence-electron chi connectivity index (χ0n) is 9.81. The molecule has 3 N–H and O–H groups in total. The topological polar surface area (TPSA) is 67.6 Å². The number of hydrogen-bond acceptors (Lipinski definition) is 5. The standard InChI is InChI=1S/C11H17N3O2S/c1-14(8-4-5-16-7-8)6-9-2-3-10(17-9)11(15)13-12/h2-3,8H,4-7,12H2,1H3,(H,13,15). The first-order valence-electron chi connectivity index (χ1n) is 5.58. The fourth-order valence-electron chi connectivity index (χ4n) is 1.90. The van der Waals surface area contributed by atoms with Crippen molar-refractivity contribution >= 4 is 17.2 Å². The van der Waals surface area contributed by atoms with Gasteiger partial charge in [0, 0.05) is 24.1 Å². The molecule has 6 heteroatoms. The van der Waals surface area contributed by atoms with Gasteiger partial charge in [-0.3, -0.25) is 15.1 Å². The van der Waals surface area contributed by atoms with Crippen molar-refractivity contribution in [2.75, 3.05) is 20.3 Å². The Bertz CT molecular complexity index is 388. The molecule has 0 aromatic carbocycles. The normalized spacial score (nSPS) is 19.8. The average Bonchev–Trinajstić information content (AvgIpc) is 2.98. The Hall–Kier alpha value is -0.950. The lowest BCUT2D eigenvalue weighted by atomic mass is 10.2. The van der Waals surface area contributed by atoms with Gasteiger partial charge in [-0.1, -0.05) is 0 Å². The van der Waals surface area contributed by atoms with Gasteiger partial charge in [-0.05, 0) is 25.6 Å². The molecule has 0 saturated carbocycles. The predicted molar refractivity (Wildman–Crippen MR) is 66.7 cm³/mol. The van der Waals surface area contributed by atoms with Crippen molar-refractivity contribution in [1.82, 2.24) is 10.3 Å². The Morgan fingerprint density at radius 2 is 2.53 bits per heavy atom. The van der Waals surface area contributed by atoms with E-state index in [9.17, 15) is 4.79 Å². The highest BCUT2D eigenvalue weighted by Crippen LogP contribution is 2.20. The van der Waals surface area contributed by atoms with Crippen molar-refractivity contribution in [2.24, 2.45) is 5.84 Å². The number of nitrogen functional groups attached to an aromatic ring is 1. The molecule has 1 unspecified atom stereocenters. The second kappa shape index (κ2) is 5.59. The molecule has 0 bridgehead atoms. The molecule has 1 aromatic rings. The lowest BCUT2D eigenvalue weighted by molar-refractivity contribution is 0.0957. The second-order valence-electron chi connectivity index (χ2n) is 4.17. The van der Waals surface area contributed by atoms with Crippen molar-refractivity contribution in [2.45, 2.75) is 19.0 Å². The van der Waals surface area contributed by atoms with E-state index >= 15 is 0 Å². The number of nitrogens with zero attached hydrogens (tertiary/aromatic N) is 1. The fourth-order valence-corrected chi connectivity index (χ4v) is 2.88. The van der Waals surface area contributed by atoms with Crippen LogP contribution in [0.4, 0.5) is 0 Å². The van der Waals surface area contributed by atoms with Crippen LogP contribution in [0.5, 0.6) is 0 Å². The molecule has 1 amide bonds. The molecule has 2 heterocycles. The maximum atomic E-state index is 11.3. The molecule has 0 aliphatic carbocycles. The summed E-state index contributed by atoms with van der Waals surface area (Å²) in [5.41, 5.74) is 2.14. The third-order valence-corrected chi connectivity index (χ3v) is 4.02. The number of nitrogens with two attached hydrogens (primary N) is 1. The number of ether oxygens (including phenoxy) is 1. The SMILES string of the molecule is CN(Cc1ccc(C(=O)NN)s1)C1CCOC1. The third-order valence-electron chi connectivity index (χ3n) is 2.95. The Labute approximate surface area is 105 Å². The minimum absolute atomic E-state index is 0.229. The maximum Gasteiger partial charge on any atom is 0.275 e. The fraction of sp³-hybridized carbons (Fsp3) is 0.545. The molecule has 0 radical (unpaired) electrons. The highest BCUT2D eigenvalue weighted by molar-refractivity contribution is 7.14. The number of likely N-dealkylation sites (N-methyl/N-ethyl adjacent to an activating group) is 1. The van der Waals surface area contributed by atoms with Gasteiger partial charge in [0.1, 0.15) is 0 Å². The molecule has 0 spiro atoms. The molecule has 1 aliphatic rings. The monoisotopic (exact) mass is 255 g/mol. The van der Waals surface area contributed by atoms with Crippen molar-refractivity contribution in [3.63, 3.8) is 0 Å². The van der Waals surface area contributed by atoms with E-state index in [0.717, 1.165) is 31.1 Å². The van der Waals surface area contributed by atoms with Crippen LogP contribution >= 0.6 is 11.3 Å². The van der Waals surface area contributed by atoms with Crippen LogP contribution in [-0.2, 0) is 11.3 Å². The summed E-state index contributed by atoms with van der Waals surface area (Å²) < 4.78 is 5.36. The molecule has 5 nitrogen and oxygen atoms in total. The van der Waals surface area contributed by atoms with Gasteiger partial charge >= 0.3 is 0 Å². The first kappa shape index (κ1) is 12.5. The van der Waals surface area contributed by atoms with Gasteiger partial charge in [-0.2, -0.15) is 0 Å². The number of rotatable bonds is 4. The highest BCUT2D eigenvalue weighted by atomic mass is 32.1. The molecule has 2 rings (SSSR count). The molecule has 1 atom stereocenters. The van der Waals surface area contributed by atoms with Crippen molar-refractivity contribution in [1.29, 1.82) is 0 Å². The van der Waals surface area contributed by atoms with Crippen LogP contribution < -0.4 is 11.3 Å². The Morgan fingerprint density at radius 1 is 1.71 bits per heavy atom. The lowest BCUT2D eigenvalue weighted by Crippen LogP contribution is -2.31. The average molecular weight is 255 g/mol. The van der Waals surface area contributed by atoms with Gasteiger partial charge in [0.25, 0.3) is 5.91 Å². The highest BCUT2D eigenvalue weighted by Gasteiger charge is 2.20. The summed E-state index contributed by atoms with van der Waals surface area (Å²) in [4.78, 5) is 15.4. The van der Waals surface area contributed by atoms with Crippen LogP contribution in [0.15, 0.2) is 12.1 Å². The van der Waals surface area contributed by atoms with Crippen LogP contribution in [0.3, 0.4) is 0 Å². The lowest BCUT2D eigenvalue weighted by Gasteiger charge is -2.21. The first-order valence-corrected chi connectivity index (χ1v) is 6.40. The third kappa shape index (κ3) is 3.04. The van der Waals surface area contributed by atoms with Gasteiger partial charge in [0.2, 0.25) is 0 Å². The molecule has 1 aromatic heterocycles. The van der Waals surface area contributed by atoms with Crippen LogP contribution in [0.25, 0.3) is 0 Å². The van der Waals surface area contributed by atoms with Gasteiger partial charge in [-0.25, -0.2) is 5.84 Å². The van der Waals surface area contributed by atoms with E-state index < -0.39 is 0 Å². The first-order chi connectivity index (χ1) is 8.20. The number of hydrazine groups is 1. The van der Waals surface area contributed by atoms with E-state index in [0.29, 0.717) is 10.9 Å². The molecular formula is C11H17N3O2S. The molecule has 17 heavy (non-hydrogen) atoms. The molecular weight excluding hydrogens is 238 g/mol. The van der Waals surface area contributed by atoms with Crippen LogP contribution in [-0.4, -0.2) is 37.1 Å². The zero-order valence-corrected chi connectivity index (χ0v) is 10.6. The number of thiophene rings is 1. The molecule has 1 aliphatic heterocycles. The summed E-state index contributed by atoms with van der Waals surface area (Å²) in [6.45, 7) is 2.49. The smallest absolute Gasteiger partial charge is 0.275 e. The van der Waals surface area contributed by atoms with Gasteiger partial charge in [0.15, 0.2) is 0 Å². The van der Waals surface area contributed by atoms with E-state index in [1.54, 1.807) is 6.07 Å². The zero-order chi connectivity index (χ0) is 12.3. The Kier molecular flexibility index (Phi) is 4.11. The molecule has 1 fully saturated rings. The van der Waals surface area contributed by atoms with E-state index in [1.165, 1.54) is 11.3 Å². The number of hydrogen-bond donors (Lipinski definition) is 2. The van der Waals surface area contributed by atoms with E-state index in [1.807, 2.05) is 6.07 Å². The molecule has 1 saturated heterocycles. The van der Waals surface area contributed by atoms with Crippen molar-refractivity contribution < 1.29 is 9.53 Å². The number of amides is 1. The van der Waals surface area contributed by atoms with Crippen LogP contribution in [0, 0.1) is 0 Å². The summed E-state index contributed by atoms with van der Waals surface area (Å²) >= 11 is 1.48. The summed E-state index contributed by atoms with van der Waals surface area (Å²) in [5, 5.41) is 0. The summed E-state index contributed by atoms with van der Waals surface area (Å²) in [7, 11) is 2.09. The van der Waals surface area contributed by atoms with Crippen molar-refractivity contribution in [3.8, 4) is 0 Å². The minimum atomic E-state index is -0.229.